The minimum absolute atomic E-state index is 0.0272. The predicted octanol–water partition coefficient (Wildman–Crippen LogP) is 2.01. The highest BCUT2D eigenvalue weighted by molar-refractivity contribution is 9.10. The van der Waals surface area contributed by atoms with E-state index in [2.05, 4.69) is 21.2 Å². The number of hydrogen-bond acceptors (Lipinski definition) is 2. The van der Waals surface area contributed by atoms with Crippen LogP contribution in [0.5, 0.6) is 0 Å². The summed E-state index contributed by atoms with van der Waals surface area (Å²) in [6.07, 6.45) is 1.04. The van der Waals surface area contributed by atoms with Gasteiger partial charge in [0, 0.05) is 23.6 Å². The van der Waals surface area contributed by atoms with Gasteiger partial charge in [-0.25, -0.2) is 0 Å². The first-order valence-corrected chi connectivity index (χ1v) is 6.19. The molecule has 1 atom stereocenters. The zero-order valence-electron chi connectivity index (χ0n) is 9.44. The molecule has 1 unspecified atom stereocenters. The van der Waals surface area contributed by atoms with Crippen LogP contribution in [0.25, 0.3) is 0 Å². The summed E-state index contributed by atoms with van der Waals surface area (Å²) in [5, 5.41) is 2.81. The van der Waals surface area contributed by atoms with Gasteiger partial charge in [-0.1, -0.05) is 22.0 Å². The van der Waals surface area contributed by atoms with Crippen LogP contribution in [0.3, 0.4) is 0 Å². The molecular formula is C12H13BrN2O2. The fraction of sp³-hybridized carbons (Fsp3) is 0.333. The monoisotopic (exact) mass is 296 g/mol. The van der Waals surface area contributed by atoms with Gasteiger partial charge >= 0.3 is 0 Å². The smallest absolute Gasteiger partial charge is 0.247 e. The van der Waals surface area contributed by atoms with E-state index in [0.717, 1.165) is 10.2 Å². The van der Waals surface area contributed by atoms with E-state index in [1.807, 2.05) is 24.3 Å². The van der Waals surface area contributed by atoms with E-state index in [1.165, 1.54) is 4.90 Å². The van der Waals surface area contributed by atoms with Gasteiger partial charge in [0.15, 0.2) is 0 Å². The second kappa shape index (κ2) is 4.87. The summed E-state index contributed by atoms with van der Waals surface area (Å²) in [4.78, 5) is 24.8. The first-order chi connectivity index (χ1) is 8.08. The number of carbonyl (C=O) groups is 2. The van der Waals surface area contributed by atoms with Crippen molar-refractivity contribution in [2.75, 3.05) is 12.4 Å². The molecular weight excluding hydrogens is 284 g/mol. The van der Waals surface area contributed by atoms with E-state index >= 15 is 0 Å². The molecule has 2 rings (SSSR count). The van der Waals surface area contributed by atoms with Crippen molar-refractivity contribution < 1.29 is 9.59 Å². The SMILES string of the molecule is CN1C(=O)CCC1C(=O)Nc1cccc(Br)c1. The maximum absolute atomic E-state index is 12.0. The molecule has 17 heavy (non-hydrogen) atoms. The molecule has 0 bridgehead atoms. The minimum Gasteiger partial charge on any atom is -0.334 e. The Balaban J connectivity index is 2.05. The van der Waals surface area contributed by atoms with Crippen LogP contribution in [0, 0.1) is 0 Å². The third-order valence-corrected chi connectivity index (χ3v) is 3.38. The Morgan fingerprint density at radius 3 is 2.88 bits per heavy atom. The van der Waals surface area contributed by atoms with Crippen LogP contribution in [0.15, 0.2) is 28.7 Å². The molecule has 2 amide bonds. The zero-order valence-corrected chi connectivity index (χ0v) is 11.0. The summed E-state index contributed by atoms with van der Waals surface area (Å²) in [6, 6.07) is 7.04. The average Bonchev–Trinajstić information content (AvgIpc) is 2.60. The van der Waals surface area contributed by atoms with Gasteiger partial charge in [0.2, 0.25) is 11.8 Å². The van der Waals surface area contributed by atoms with Gasteiger partial charge in [-0.3, -0.25) is 9.59 Å². The van der Waals surface area contributed by atoms with Gasteiger partial charge in [0.05, 0.1) is 0 Å². The second-order valence-electron chi connectivity index (χ2n) is 4.06. The van der Waals surface area contributed by atoms with Crippen molar-refractivity contribution in [1.82, 2.24) is 4.90 Å². The number of rotatable bonds is 2. The Labute approximate surface area is 108 Å². The number of halogens is 1. The van der Waals surface area contributed by atoms with E-state index in [4.69, 9.17) is 0 Å². The summed E-state index contributed by atoms with van der Waals surface area (Å²) in [6.45, 7) is 0. The van der Waals surface area contributed by atoms with Crippen LogP contribution >= 0.6 is 15.9 Å². The van der Waals surface area contributed by atoms with Crippen molar-refractivity contribution in [3.05, 3.63) is 28.7 Å². The molecule has 0 aromatic heterocycles. The van der Waals surface area contributed by atoms with Crippen molar-refractivity contribution in [1.29, 1.82) is 0 Å². The molecule has 0 radical (unpaired) electrons. The first kappa shape index (κ1) is 12.1. The highest BCUT2D eigenvalue weighted by atomic mass is 79.9. The molecule has 1 N–H and O–H groups in total. The first-order valence-electron chi connectivity index (χ1n) is 5.40. The minimum atomic E-state index is -0.346. The molecule has 1 heterocycles. The molecule has 90 valence electrons. The molecule has 1 fully saturated rings. The number of carbonyl (C=O) groups excluding carboxylic acids is 2. The van der Waals surface area contributed by atoms with E-state index < -0.39 is 0 Å². The van der Waals surface area contributed by atoms with Gasteiger partial charge in [0.1, 0.15) is 6.04 Å². The highest BCUT2D eigenvalue weighted by Gasteiger charge is 2.33. The van der Waals surface area contributed by atoms with E-state index in [9.17, 15) is 9.59 Å². The number of benzene rings is 1. The third kappa shape index (κ3) is 2.66. The van der Waals surface area contributed by atoms with Crippen LogP contribution in [0.1, 0.15) is 12.8 Å². The van der Waals surface area contributed by atoms with E-state index in [0.29, 0.717) is 12.8 Å². The molecule has 1 aliphatic rings. The summed E-state index contributed by atoms with van der Waals surface area (Å²) in [5.41, 5.74) is 0.733. The number of nitrogens with one attached hydrogen (secondary N) is 1. The predicted molar refractivity (Wildman–Crippen MR) is 68.6 cm³/mol. The number of likely N-dealkylation sites (N-methyl/N-ethyl adjacent to an activating group) is 1. The van der Waals surface area contributed by atoms with Crippen molar-refractivity contribution in [3.8, 4) is 0 Å². The molecule has 5 heteroatoms. The van der Waals surface area contributed by atoms with Gasteiger partial charge in [-0.15, -0.1) is 0 Å². The fourth-order valence-corrected chi connectivity index (χ4v) is 2.30. The zero-order chi connectivity index (χ0) is 12.4. The van der Waals surface area contributed by atoms with Gasteiger partial charge in [-0.2, -0.15) is 0 Å². The number of likely N-dealkylation sites (tertiary alicyclic amines) is 1. The Kier molecular flexibility index (Phi) is 3.47. The maximum atomic E-state index is 12.0. The second-order valence-corrected chi connectivity index (χ2v) is 4.97. The normalized spacial score (nSPS) is 19.5. The van der Waals surface area contributed by atoms with Crippen molar-refractivity contribution in [2.24, 2.45) is 0 Å². The standard InChI is InChI=1S/C12H13BrN2O2/c1-15-10(5-6-11(15)16)12(17)14-9-4-2-3-8(13)7-9/h2-4,7,10H,5-6H2,1H3,(H,14,17). The van der Waals surface area contributed by atoms with Crippen molar-refractivity contribution in [3.63, 3.8) is 0 Å². The molecule has 0 aliphatic carbocycles. The van der Waals surface area contributed by atoms with Gasteiger partial charge in [0.25, 0.3) is 0 Å². The number of nitrogens with zero attached hydrogens (tertiary/aromatic N) is 1. The van der Waals surface area contributed by atoms with Crippen LogP contribution in [0.4, 0.5) is 5.69 Å². The number of amides is 2. The van der Waals surface area contributed by atoms with Crippen LogP contribution < -0.4 is 5.32 Å². The van der Waals surface area contributed by atoms with Gasteiger partial charge < -0.3 is 10.2 Å². The molecule has 4 nitrogen and oxygen atoms in total. The maximum Gasteiger partial charge on any atom is 0.247 e. The Hall–Kier alpha value is -1.36. The van der Waals surface area contributed by atoms with E-state index in [-0.39, 0.29) is 17.9 Å². The summed E-state index contributed by atoms with van der Waals surface area (Å²) in [5.74, 6) is -0.101. The lowest BCUT2D eigenvalue weighted by Gasteiger charge is -2.19. The lowest BCUT2D eigenvalue weighted by atomic mass is 10.2. The molecule has 1 aromatic carbocycles. The number of hydrogen-bond donors (Lipinski definition) is 1. The summed E-state index contributed by atoms with van der Waals surface area (Å²) in [7, 11) is 1.67. The molecule has 1 aliphatic heterocycles. The van der Waals surface area contributed by atoms with Gasteiger partial charge in [-0.05, 0) is 24.6 Å². The number of anilines is 1. The third-order valence-electron chi connectivity index (χ3n) is 2.89. The molecule has 1 saturated heterocycles. The van der Waals surface area contributed by atoms with Crippen molar-refractivity contribution in [2.45, 2.75) is 18.9 Å². The van der Waals surface area contributed by atoms with Crippen LogP contribution in [0.2, 0.25) is 0 Å². The fourth-order valence-electron chi connectivity index (χ4n) is 1.90. The van der Waals surface area contributed by atoms with Crippen LogP contribution in [-0.4, -0.2) is 29.8 Å². The van der Waals surface area contributed by atoms with Crippen LogP contribution in [-0.2, 0) is 9.59 Å². The molecule has 0 saturated carbocycles. The average molecular weight is 297 g/mol. The Morgan fingerprint density at radius 2 is 2.29 bits per heavy atom. The topological polar surface area (TPSA) is 49.4 Å². The van der Waals surface area contributed by atoms with E-state index in [1.54, 1.807) is 7.05 Å². The summed E-state index contributed by atoms with van der Waals surface area (Å²) >= 11 is 3.34. The highest BCUT2D eigenvalue weighted by Crippen LogP contribution is 2.20. The lowest BCUT2D eigenvalue weighted by Crippen LogP contribution is -2.38. The van der Waals surface area contributed by atoms with Crippen molar-refractivity contribution >= 4 is 33.4 Å². The Morgan fingerprint density at radius 1 is 1.53 bits per heavy atom. The largest absolute Gasteiger partial charge is 0.334 e. The molecule has 1 aromatic rings. The quantitative estimate of drug-likeness (QED) is 0.908. The molecule has 0 spiro atoms. The lowest BCUT2D eigenvalue weighted by molar-refractivity contribution is -0.131. The Bertz CT molecular complexity index is 462. The summed E-state index contributed by atoms with van der Waals surface area (Å²) < 4.78 is 0.908.